The lowest BCUT2D eigenvalue weighted by Gasteiger charge is -2.27. The van der Waals surface area contributed by atoms with Gasteiger partial charge in [-0.1, -0.05) is 66.2 Å². The molecule has 0 unspecified atom stereocenters. The van der Waals surface area contributed by atoms with Crippen LogP contribution in [-0.4, -0.2) is 9.13 Å². The fraction of sp³-hybridized carbons (Fsp3) is 0.0233. The van der Waals surface area contributed by atoms with Gasteiger partial charge in [0.25, 0.3) is 0 Å². The maximum atomic E-state index is 14.5. The molecular weight excluding hydrogens is 596 g/mol. The van der Waals surface area contributed by atoms with Crippen molar-refractivity contribution in [2.45, 2.75) is 6.92 Å². The van der Waals surface area contributed by atoms with Crippen LogP contribution in [0, 0.1) is 18.6 Å². The average molecular weight is 626 g/mol. The zero-order valence-corrected chi connectivity index (χ0v) is 26.1. The summed E-state index contributed by atoms with van der Waals surface area (Å²) in [6, 6.07) is 51.4. The van der Waals surface area contributed by atoms with Crippen LogP contribution in [0.4, 0.5) is 25.8 Å². The van der Waals surface area contributed by atoms with Crippen molar-refractivity contribution in [3.05, 3.63) is 175 Å². The molecule has 0 amide bonds. The molecule has 0 spiro atoms. The third kappa shape index (κ3) is 4.32. The lowest BCUT2D eigenvalue weighted by atomic mass is 10.1. The van der Waals surface area contributed by atoms with E-state index in [4.69, 9.17) is 0 Å². The fourth-order valence-electron chi connectivity index (χ4n) is 7.21. The number of para-hydroxylation sites is 2. The first-order valence-electron chi connectivity index (χ1n) is 16.0. The Morgan fingerprint density at radius 2 is 0.833 bits per heavy atom. The van der Waals surface area contributed by atoms with Crippen molar-refractivity contribution in [3.8, 4) is 11.4 Å². The molecule has 3 nitrogen and oxygen atoms in total. The summed E-state index contributed by atoms with van der Waals surface area (Å²) in [7, 11) is 0. The second-order valence-corrected chi connectivity index (χ2v) is 12.2. The number of aromatic nitrogens is 2. The summed E-state index contributed by atoms with van der Waals surface area (Å²) in [4.78, 5) is 2.25. The highest BCUT2D eigenvalue weighted by molar-refractivity contribution is 6.20. The molecule has 0 radical (unpaired) electrons. The monoisotopic (exact) mass is 625 g/mol. The van der Waals surface area contributed by atoms with E-state index < -0.39 is 0 Å². The summed E-state index contributed by atoms with van der Waals surface area (Å²) in [6.45, 7) is 2.10. The van der Waals surface area contributed by atoms with Crippen LogP contribution in [0.5, 0.6) is 0 Å². The van der Waals surface area contributed by atoms with E-state index in [1.54, 1.807) is 0 Å². The minimum atomic E-state index is -0.293. The van der Waals surface area contributed by atoms with Crippen LogP contribution >= 0.6 is 0 Å². The van der Waals surface area contributed by atoms with Crippen LogP contribution in [0.2, 0.25) is 0 Å². The first-order valence-corrected chi connectivity index (χ1v) is 16.0. The molecule has 9 aromatic rings. The third-order valence-electron chi connectivity index (χ3n) is 9.29. The molecule has 0 atom stereocenters. The highest BCUT2D eigenvalue weighted by atomic mass is 19.1. The Morgan fingerprint density at radius 1 is 0.417 bits per heavy atom. The summed E-state index contributed by atoms with van der Waals surface area (Å²) in [6.07, 6.45) is 0. The van der Waals surface area contributed by atoms with E-state index in [-0.39, 0.29) is 11.6 Å². The standard InChI is InChI=1S/C43H29F2N3/c1-28-16-22-31(23-17-28)46-36-10-4-2-8-34(36)42-38(46)12-6-14-40(42)48(33-26-20-30(45)21-27-33)41-15-7-13-39-43(41)35-9-3-5-11-37(35)47(39)32-24-18-29(44)19-25-32/h2-27H,1H3. The summed E-state index contributed by atoms with van der Waals surface area (Å²) in [5.41, 5.74) is 10.1. The Morgan fingerprint density at radius 3 is 1.33 bits per heavy atom. The van der Waals surface area contributed by atoms with Crippen molar-refractivity contribution in [1.82, 2.24) is 9.13 Å². The van der Waals surface area contributed by atoms with Gasteiger partial charge in [-0.15, -0.1) is 0 Å². The molecule has 0 fully saturated rings. The number of rotatable bonds is 5. The molecule has 0 saturated heterocycles. The van der Waals surface area contributed by atoms with E-state index in [1.165, 1.54) is 29.8 Å². The van der Waals surface area contributed by atoms with Crippen LogP contribution in [0.3, 0.4) is 0 Å². The van der Waals surface area contributed by atoms with Crippen molar-refractivity contribution in [1.29, 1.82) is 0 Å². The van der Waals surface area contributed by atoms with E-state index in [0.717, 1.165) is 72.0 Å². The maximum Gasteiger partial charge on any atom is 0.123 e. The van der Waals surface area contributed by atoms with Crippen LogP contribution < -0.4 is 4.90 Å². The summed E-state index contributed by atoms with van der Waals surface area (Å²) < 4.78 is 33.0. The fourth-order valence-corrected chi connectivity index (χ4v) is 7.21. The Hall–Kier alpha value is -6.20. The van der Waals surface area contributed by atoms with Gasteiger partial charge in [-0.2, -0.15) is 0 Å². The molecule has 0 aliphatic rings. The minimum absolute atomic E-state index is 0.277. The molecule has 230 valence electrons. The molecule has 9 rings (SSSR count). The van der Waals surface area contributed by atoms with E-state index >= 15 is 0 Å². The number of halogens is 2. The van der Waals surface area contributed by atoms with Gasteiger partial charge >= 0.3 is 0 Å². The molecule has 2 heterocycles. The quantitative estimate of drug-likeness (QED) is 0.185. The van der Waals surface area contributed by atoms with Gasteiger partial charge in [0, 0.05) is 38.6 Å². The lowest BCUT2D eigenvalue weighted by Crippen LogP contribution is -2.11. The van der Waals surface area contributed by atoms with Crippen molar-refractivity contribution in [2.24, 2.45) is 0 Å². The van der Waals surface area contributed by atoms with Gasteiger partial charge in [0.1, 0.15) is 11.6 Å². The highest BCUT2D eigenvalue weighted by Crippen LogP contribution is 2.47. The maximum absolute atomic E-state index is 14.5. The summed E-state index contributed by atoms with van der Waals surface area (Å²) in [5, 5.41) is 4.32. The molecule has 0 aliphatic heterocycles. The van der Waals surface area contributed by atoms with Gasteiger partial charge in [-0.3, -0.25) is 0 Å². The number of hydrogen-bond acceptors (Lipinski definition) is 1. The van der Waals surface area contributed by atoms with E-state index in [1.807, 2.05) is 36.4 Å². The third-order valence-corrected chi connectivity index (χ3v) is 9.29. The van der Waals surface area contributed by atoms with Gasteiger partial charge in [-0.05, 0) is 104 Å². The van der Waals surface area contributed by atoms with Gasteiger partial charge in [0.15, 0.2) is 0 Å². The Balaban J connectivity index is 1.40. The van der Waals surface area contributed by atoms with Crippen molar-refractivity contribution < 1.29 is 8.78 Å². The molecule has 48 heavy (non-hydrogen) atoms. The second-order valence-electron chi connectivity index (χ2n) is 12.2. The van der Waals surface area contributed by atoms with Gasteiger partial charge < -0.3 is 14.0 Å². The second kappa shape index (κ2) is 11.0. The summed E-state index contributed by atoms with van der Waals surface area (Å²) in [5.74, 6) is -0.570. The zero-order chi connectivity index (χ0) is 32.4. The van der Waals surface area contributed by atoms with Crippen LogP contribution in [0.25, 0.3) is 55.0 Å². The molecular formula is C43H29F2N3. The molecule has 7 aromatic carbocycles. The number of fused-ring (bicyclic) bond motifs is 6. The van der Waals surface area contributed by atoms with E-state index in [9.17, 15) is 8.78 Å². The minimum Gasteiger partial charge on any atom is -0.309 e. The zero-order valence-electron chi connectivity index (χ0n) is 26.1. The molecule has 5 heteroatoms. The Kier molecular flexibility index (Phi) is 6.40. The Bertz CT molecular complexity index is 2470. The molecule has 0 aliphatic carbocycles. The van der Waals surface area contributed by atoms with Gasteiger partial charge in [0.2, 0.25) is 0 Å². The smallest absolute Gasteiger partial charge is 0.123 e. The van der Waals surface area contributed by atoms with Crippen molar-refractivity contribution in [2.75, 3.05) is 4.90 Å². The Labute approximate surface area is 276 Å². The van der Waals surface area contributed by atoms with Crippen LogP contribution in [0.1, 0.15) is 5.56 Å². The van der Waals surface area contributed by atoms with Crippen molar-refractivity contribution in [3.63, 3.8) is 0 Å². The number of anilines is 3. The van der Waals surface area contributed by atoms with Crippen LogP contribution in [0.15, 0.2) is 158 Å². The molecule has 2 aromatic heterocycles. The molecule has 0 N–H and O–H groups in total. The normalized spacial score (nSPS) is 11.6. The van der Waals surface area contributed by atoms with Crippen molar-refractivity contribution >= 4 is 60.7 Å². The van der Waals surface area contributed by atoms with E-state index in [2.05, 4.69) is 118 Å². The predicted molar refractivity (Wildman–Crippen MR) is 194 cm³/mol. The predicted octanol–water partition coefficient (Wildman–Crippen LogP) is 11.9. The molecule has 0 saturated carbocycles. The number of nitrogens with zero attached hydrogens (tertiary/aromatic N) is 3. The topological polar surface area (TPSA) is 13.1 Å². The highest BCUT2D eigenvalue weighted by Gasteiger charge is 2.24. The number of hydrogen-bond donors (Lipinski definition) is 0. The molecule has 0 bridgehead atoms. The first kappa shape index (κ1) is 28.1. The lowest BCUT2D eigenvalue weighted by molar-refractivity contribution is 0.627. The first-order chi connectivity index (χ1) is 23.6. The van der Waals surface area contributed by atoms with Gasteiger partial charge in [0.05, 0.1) is 33.4 Å². The average Bonchev–Trinajstić information content (AvgIpc) is 3.64. The summed E-state index contributed by atoms with van der Waals surface area (Å²) >= 11 is 0. The number of benzene rings is 7. The SMILES string of the molecule is Cc1ccc(-n2c3ccccc3c3c(N(c4ccc(F)cc4)c4cccc5c4c4ccccc4n5-c4ccc(F)cc4)cccc32)cc1. The number of aryl methyl sites for hydroxylation is 1. The van der Waals surface area contributed by atoms with Crippen LogP contribution in [-0.2, 0) is 0 Å². The van der Waals surface area contributed by atoms with Gasteiger partial charge in [-0.25, -0.2) is 8.78 Å². The largest absolute Gasteiger partial charge is 0.309 e. The van der Waals surface area contributed by atoms with E-state index in [0.29, 0.717) is 0 Å².